The Morgan fingerprint density at radius 3 is 1.79 bits per heavy atom. The normalized spacial score (nSPS) is 39.9. The summed E-state index contributed by atoms with van der Waals surface area (Å²) in [6.07, 6.45) is 19.3. The van der Waals surface area contributed by atoms with Crippen molar-refractivity contribution >= 4 is 30.4 Å². The summed E-state index contributed by atoms with van der Waals surface area (Å²) in [5, 5.41) is 0.556. The zero-order chi connectivity index (χ0) is 13.8. The monoisotopic (exact) mass is 374 g/mol. The van der Waals surface area contributed by atoms with Gasteiger partial charge in [-0.3, -0.25) is 0 Å². The van der Waals surface area contributed by atoms with Crippen LogP contribution in [-0.4, -0.2) is 11.3 Å². The third kappa shape index (κ3) is 3.92. The van der Waals surface area contributed by atoms with E-state index in [0.29, 0.717) is 8.74 Å². The van der Waals surface area contributed by atoms with E-state index < -0.39 is 0 Å². The van der Waals surface area contributed by atoms with E-state index in [4.69, 9.17) is 0 Å². The van der Waals surface area contributed by atoms with Gasteiger partial charge in [0.2, 0.25) is 0 Å². The van der Waals surface area contributed by atoms with Crippen molar-refractivity contribution in [3.8, 4) is 0 Å². The van der Waals surface area contributed by atoms with Crippen molar-refractivity contribution in [1.82, 2.24) is 0 Å². The van der Waals surface area contributed by atoms with Crippen LogP contribution in [0.1, 0.15) is 90.4 Å². The van der Waals surface area contributed by atoms with Crippen molar-refractivity contribution in [3.63, 3.8) is 0 Å². The molecule has 0 spiro atoms. The number of alkyl halides is 1. The van der Waals surface area contributed by atoms with Crippen LogP contribution in [0.2, 0.25) is 5.31 Å². The van der Waals surface area contributed by atoms with E-state index in [0.717, 1.165) is 5.92 Å². The van der Waals surface area contributed by atoms with E-state index in [1.165, 1.54) is 83.5 Å². The minimum atomic E-state index is 0.556. The van der Waals surface area contributed by atoms with E-state index in [-0.39, 0.29) is 0 Å². The molecule has 0 aromatic carbocycles. The highest BCUT2D eigenvalue weighted by Crippen LogP contribution is 2.59. The molecule has 0 bridgehead atoms. The molecule has 0 N–H and O–H groups in total. The number of halogens is 1. The van der Waals surface area contributed by atoms with Crippen molar-refractivity contribution in [2.24, 2.45) is 5.92 Å². The average Bonchev–Trinajstić information content (AvgIpc) is 2.39. The molecule has 2 rings (SSSR count). The topological polar surface area (TPSA) is 0 Å². The molecule has 0 aromatic rings. The molecule has 2 aliphatic rings. The van der Waals surface area contributed by atoms with Crippen LogP contribution in [0.25, 0.3) is 0 Å². The lowest BCUT2D eigenvalue weighted by Gasteiger charge is -2.52. The first-order valence-corrected chi connectivity index (χ1v) is 9.83. The molecule has 2 atom stereocenters. The molecule has 0 aromatic heterocycles. The van der Waals surface area contributed by atoms with Crippen LogP contribution in [0.4, 0.5) is 0 Å². The standard InChI is InChI=1S/C17H32BI/c1-16(18)13-9-10-14-17(16,19)15-11-7-5-3-2-4-6-8-12-15/h15H,2-14,18H2,1H3/t16-,17-/m0/s1. The van der Waals surface area contributed by atoms with Crippen molar-refractivity contribution < 1.29 is 0 Å². The Bertz CT molecular complexity index is 266. The molecule has 0 radical (unpaired) electrons. The smallest absolute Gasteiger partial charge is 0.0788 e. The van der Waals surface area contributed by atoms with E-state index in [1.807, 2.05) is 0 Å². The molecule has 0 unspecified atom stereocenters. The van der Waals surface area contributed by atoms with Crippen molar-refractivity contribution in [2.75, 3.05) is 0 Å². The van der Waals surface area contributed by atoms with E-state index in [1.54, 1.807) is 0 Å². The van der Waals surface area contributed by atoms with Gasteiger partial charge in [-0.15, -0.1) is 0 Å². The SMILES string of the molecule is B[C@@]1(C)CCCC[C@]1(I)C1CCCCCCCCC1. The molecule has 2 fully saturated rings. The van der Waals surface area contributed by atoms with Crippen LogP contribution in [-0.2, 0) is 0 Å². The average molecular weight is 374 g/mol. The fourth-order valence-corrected chi connectivity index (χ4v) is 5.79. The van der Waals surface area contributed by atoms with Gasteiger partial charge in [-0.2, -0.15) is 0 Å². The van der Waals surface area contributed by atoms with Crippen LogP contribution in [0.3, 0.4) is 0 Å². The van der Waals surface area contributed by atoms with Gasteiger partial charge < -0.3 is 0 Å². The van der Waals surface area contributed by atoms with Crippen LogP contribution in [0, 0.1) is 5.92 Å². The van der Waals surface area contributed by atoms with Crippen LogP contribution in [0.15, 0.2) is 0 Å². The summed E-state index contributed by atoms with van der Waals surface area (Å²) in [5.41, 5.74) is 0. The molecule has 2 saturated carbocycles. The molecule has 0 nitrogen and oxygen atoms in total. The summed E-state index contributed by atoms with van der Waals surface area (Å²) in [5.74, 6) is 0.987. The van der Waals surface area contributed by atoms with Gasteiger partial charge in [0.15, 0.2) is 0 Å². The maximum absolute atomic E-state index is 2.90. The highest BCUT2D eigenvalue weighted by atomic mass is 127. The maximum atomic E-state index is 2.90. The first-order chi connectivity index (χ1) is 9.06. The van der Waals surface area contributed by atoms with Gasteiger partial charge in [-0.1, -0.05) is 93.7 Å². The molecule has 110 valence electrons. The second kappa shape index (κ2) is 7.18. The van der Waals surface area contributed by atoms with Gasteiger partial charge in [0, 0.05) is 3.42 Å². The van der Waals surface area contributed by atoms with Gasteiger partial charge in [-0.25, -0.2) is 0 Å². The highest BCUT2D eigenvalue weighted by molar-refractivity contribution is 14.1. The number of hydrogen-bond donors (Lipinski definition) is 0. The lowest BCUT2D eigenvalue weighted by atomic mass is 9.51. The third-order valence-corrected chi connectivity index (χ3v) is 8.85. The summed E-state index contributed by atoms with van der Waals surface area (Å²) >= 11 is 2.90. The lowest BCUT2D eigenvalue weighted by molar-refractivity contribution is 0.212. The van der Waals surface area contributed by atoms with Crippen molar-refractivity contribution in [1.29, 1.82) is 0 Å². The van der Waals surface area contributed by atoms with Crippen molar-refractivity contribution in [3.05, 3.63) is 0 Å². The predicted octanol–water partition coefficient (Wildman–Crippen LogP) is 5.69. The van der Waals surface area contributed by atoms with Crippen molar-refractivity contribution in [2.45, 2.75) is 99.1 Å². The third-order valence-electron chi connectivity index (χ3n) is 5.97. The largest absolute Gasteiger partial charge is 0.110 e. The Hall–Kier alpha value is 0.795. The van der Waals surface area contributed by atoms with Crippen LogP contribution in [0.5, 0.6) is 0 Å². The molecule has 2 aliphatic carbocycles. The molecular formula is C17H32BI. The van der Waals surface area contributed by atoms with E-state index in [9.17, 15) is 0 Å². The second-order valence-corrected chi connectivity index (χ2v) is 9.63. The number of hydrogen-bond acceptors (Lipinski definition) is 0. The fraction of sp³-hybridized carbons (Fsp3) is 1.00. The molecule has 0 amide bonds. The quantitative estimate of drug-likeness (QED) is 0.314. The number of rotatable bonds is 1. The molecule has 0 saturated heterocycles. The minimum absolute atomic E-state index is 0.556. The minimum Gasteiger partial charge on any atom is -0.0788 e. The summed E-state index contributed by atoms with van der Waals surface area (Å²) in [6.45, 7) is 2.55. The summed E-state index contributed by atoms with van der Waals surface area (Å²) < 4.78 is 0.586. The van der Waals surface area contributed by atoms with E-state index >= 15 is 0 Å². The maximum Gasteiger partial charge on any atom is 0.110 e. The Labute approximate surface area is 135 Å². The lowest BCUT2D eigenvalue weighted by Crippen LogP contribution is -2.45. The van der Waals surface area contributed by atoms with Gasteiger partial charge in [0.25, 0.3) is 0 Å². The predicted molar refractivity (Wildman–Crippen MR) is 97.2 cm³/mol. The molecular weight excluding hydrogens is 342 g/mol. The highest BCUT2D eigenvalue weighted by Gasteiger charge is 2.48. The Kier molecular flexibility index (Phi) is 6.11. The van der Waals surface area contributed by atoms with Gasteiger partial charge in [0.1, 0.15) is 7.85 Å². The summed E-state index contributed by atoms with van der Waals surface area (Å²) in [7, 11) is 2.55. The Morgan fingerprint density at radius 2 is 1.26 bits per heavy atom. The Morgan fingerprint density at radius 1 is 0.789 bits per heavy atom. The van der Waals surface area contributed by atoms with Crippen LogP contribution >= 0.6 is 22.6 Å². The van der Waals surface area contributed by atoms with E-state index in [2.05, 4.69) is 37.4 Å². The molecule has 0 heterocycles. The zero-order valence-corrected chi connectivity index (χ0v) is 15.3. The Balaban J connectivity index is 2.06. The molecule has 19 heavy (non-hydrogen) atoms. The second-order valence-electron chi connectivity index (χ2n) is 7.70. The molecule has 2 heteroatoms. The fourth-order valence-electron chi connectivity index (χ4n) is 4.52. The zero-order valence-electron chi connectivity index (χ0n) is 13.1. The van der Waals surface area contributed by atoms with Gasteiger partial charge in [0.05, 0.1) is 0 Å². The summed E-state index contributed by atoms with van der Waals surface area (Å²) in [4.78, 5) is 0. The van der Waals surface area contributed by atoms with Gasteiger partial charge >= 0.3 is 0 Å². The van der Waals surface area contributed by atoms with Gasteiger partial charge in [-0.05, 0) is 30.5 Å². The summed E-state index contributed by atoms with van der Waals surface area (Å²) in [6, 6.07) is 0. The van der Waals surface area contributed by atoms with Crippen LogP contribution < -0.4 is 0 Å². The molecule has 0 aliphatic heterocycles. The first-order valence-electron chi connectivity index (χ1n) is 8.75. The first kappa shape index (κ1) is 16.2.